The number of benzene rings is 1. The van der Waals surface area contributed by atoms with E-state index in [0.717, 1.165) is 0 Å². The Labute approximate surface area is 91.5 Å². The van der Waals surface area contributed by atoms with E-state index in [0.29, 0.717) is 11.4 Å². The van der Waals surface area contributed by atoms with Crippen LogP contribution in [-0.2, 0) is 4.79 Å². The smallest absolute Gasteiger partial charge is 0.264 e. The number of hydrogen-bond acceptors (Lipinski definition) is 2. The van der Waals surface area contributed by atoms with E-state index in [1.54, 1.807) is 42.6 Å². The lowest BCUT2D eigenvalue weighted by molar-refractivity contribution is -0.121. The van der Waals surface area contributed by atoms with Crippen LogP contribution in [0.4, 0.5) is 10.2 Å². The fourth-order valence-corrected chi connectivity index (χ4v) is 1.29. The van der Waals surface area contributed by atoms with E-state index in [1.165, 1.54) is 0 Å². The summed E-state index contributed by atoms with van der Waals surface area (Å²) < 4.78 is 13.7. The molecule has 0 fully saturated rings. The molecule has 1 aromatic heterocycles. The number of nitrogens with zero attached hydrogens (tertiary/aromatic N) is 1. The maximum atomic E-state index is 13.7. The molecular formula is C11H10FN3O. The van der Waals surface area contributed by atoms with E-state index >= 15 is 0 Å². The Bertz CT molecular complexity index is 455. The summed E-state index contributed by atoms with van der Waals surface area (Å²) in [4.78, 5) is 11.5. The maximum Gasteiger partial charge on any atom is 0.264 e. The van der Waals surface area contributed by atoms with Gasteiger partial charge in [-0.1, -0.05) is 30.3 Å². The van der Waals surface area contributed by atoms with Crippen molar-refractivity contribution in [3.63, 3.8) is 0 Å². The molecule has 0 aliphatic rings. The maximum absolute atomic E-state index is 13.7. The first kappa shape index (κ1) is 10.4. The number of aromatic nitrogens is 2. The minimum absolute atomic E-state index is 0.309. The monoisotopic (exact) mass is 219 g/mol. The van der Waals surface area contributed by atoms with Crippen molar-refractivity contribution in [3.05, 3.63) is 48.2 Å². The Hall–Kier alpha value is -2.17. The van der Waals surface area contributed by atoms with Crippen LogP contribution in [0, 0.1) is 0 Å². The molecule has 2 N–H and O–H groups in total. The van der Waals surface area contributed by atoms with Gasteiger partial charge in [-0.05, 0) is 5.56 Å². The predicted octanol–water partition coefficient (Wildman–Crippen LogP) is 2.06. The average Bonchev–Trinajstić information content (AvgIpc) is 2.82. The number of alkyl halides is 1. The lowest BCUT2D eigenvalue weighted by atomic mass is 10.1. The van der Waals surface area contributed by atoms with Gasteiger partial charge in [0.15, 0.2) is 5.82 Å². The highest BCUT2D eigenvalue weighted by molar-refractivity contribution is 5.93. The fraction of sp³-hybridized carbons (Fsp3) is 0.0909. The fourth-order valence-electron chi connectivity index (χ4n) is 1.29. The van der Waals surface area contributed by atoms with Gasteiger partial charge in [0.2, 0.25) is 6.17 Å². The highest BCUT2D eigenvalue weighted by Gasteiger charge is 2.19. The van der Waals surface area contributed by atoms with E-state index in [9.17, 15) is 9.18 Å². The quantitative estimate of drug-likeness (QED) is 0.830. The molecule has 16 heavy (non-hydrogen) atoms. The van der Waals surface area contributed by atoms with Gasteiger partial charge < -0.3 is 5.32 Å². The molecule has 1 unspecified atom stereocenters. The van der Waals surface area contributed by atoms with Gasteiger partial charge in [-0.15, -0.1) is 0 Å². The van der Waals surface area contributed by atoms with Gasteiger partial charge in [0, 0.05) is 12.3 Å². The molecule has 2 aromatic rings. The molecule has 82 valence electrons. The highest BCUT2D eigenvalue weighted by Crippen LogP contribution is 2.18. The van der Waals surface area contributed by atoms with Gasteiger partial charge in [-0.2, -0.15) is 5.10 Å². The summed E-state index contributed by atoms with van der Waals surface area (Å²) in [6.07, 6.45) is -0.136. The number of hydrogen-bond donors (Lipinski definition) is 2. The van der Waals surface area contributed by atoms with E-state index in [-0.39, 0.29) is 0 Å². The van der Waals surface area contributed by atoms with Crippen LogP contribution in [0.2, 0.25) is 0 Å². The van der Waals surface area contributed by atoms with Gasteiger partial charge in [0.05, 0.1) is 0 Å². The number of carbonyl (C=O) groups is 1. The summed E-state index contributed by atoms with van der Waals surface area (Å²) in [6, 6.07) is 9.81. The summed E-state index contributed by atoms with van der Waals surface area (Å²) in [6.45, 7) is 0. The Morgan fingerprint density at radius 1 is 1.31 bits per heavy atom. The molecule has 0 aliphatic carbocycles. The average molecular weight is 219 g/mol. The van der Waals surface area contributed by atoms with Crippen molar-refractivity contribution in [2.24, 2.45) is 0 Å². The number of aromatic amines is 1. The third kappa shape index (κ3) is 2.25. The van der Waals surface area contributed by atoms with Crippen LogP contribution < -0.4 is 5.32 Å². The molecule has 1 atom stereocenters. The van der Waals surface area contributed by atoms with Gasteiger partial charge in [-0.25, -0.2) is 4.39 Å². The van der Waals surface area contributed by atoms with Gasteiger partial charge >= 0.3 is 0 Å². The van der Waals surface area contributed by atoms with Crippen molar-refractivity contribution in [1.82, 2.24) is 10.2 Å². The number of H-pyrrole nitrogens is 1. The van der Waals surface area contributed by atoms with Crippen LogP contribution >= 0.6 is 0 Å². The Morgan fingerprint density at radius 3 is 2.69 bits per heavy atom. The lowest BCUT2D eigenvalue weighted by Gasteiger charge is -2.07. The molecular weight excluding hydrogens is 209 g/mol. The second kappa shape index (κ2) is 4.57. The minimum Gasteiger partial charge on any atom is -0.306 e. The molecule has 0 bridgehead atoms. The Kier molecular flexibility index (Phi) is 2.95. The Balaban J connectivity index is 2.05. The zero-order chi connectivity index (χ0) is 11.4. The van der Waals surface area contributed by atoms with Crippen molar-refractivity contribution < 1.29 is 9.18 Å². The van der Waals surface area contributed by atoms with E-state index in [2.05, 4.69) is 15.5 Å². The molecule has 1 heterocycles. The first-order valence-corrected chi connectivity index (χ1v) is 4.77. The Morgan fingerprint density at radius 2 is 2.06 bits per heavy atom. The zero-order valence-corrected chi connectivity index (χ0v) is 8.35. The van der Waals surface area contributed by atoms with Crippen LogP contribution in [0.15, 0.2) is 42.6 Å². The first-order chi connectivity index (χ1) is 7.77. The standard InChI is InChI=1S/C11H10FN3O/c12-10(8-4-2-1-3-5-8)11(16)14-9-6-7-13-15-9/h1-7,10H,(H2,13,14,15,16). The van der Waals surface area contributed by atoms with Crippen molar-refractivity contribution in [3.8, 4) is 0 Å². The van der Waals surface area contributed by atoms with Crippen LogP contribution in [0.3, 0.4) is 0 Å². The normalized spacial score (nSPS) is 12.1. The first-order valence-electron chi connectivity index (χ1n) is 4.77. The second-order valence-corrected chi connectivity index (χ2v) is 3.22. The summed E-state index contributed by atoms with van der Waals surface area (Å²) in [5.74, 6) is -0.415. The third-order valence-corrected chi connectivity index (χ3v) is 2.07. The molecule has 5 heteroatoms. The van der Waals surface area contributed by atoms with Crippen molar-refractivity contribution in [2.75, 3.05) is 5.32 Å². The number of halogens is 1. The minimum atomic E-state index is -1.68. The molecule has 1 aromatic carbocycles. The molecule has 0 aliphatic heterocycles. The predicted molar refractivity (Wildman–Crippen MR) is 57.5 cm³/mol. The topological polar surface area (TPSA) is 57.8 Å². The number of nitrogens with one attached hydrogen (secondary N) is 2. The summed E-state index contributed by atoms with van der Waals surface area (Å²) in [7, 11) is 0. The van der Waals surface area contributed by atoms with Gasteiger partial charge in [0.1, 0.15) is 0 Å². The largest absolute Gasteiger partial charge is 0.306 e. The second-order valence-electron chi connectivity index (χ2n) is 3.22. The van der Waals surface area contributed by atoms with Crippen molar-refractivity contribution >= 4 is 11.7 Å². The van der Waals surface area contributed by atoms with Crippen LogP contribution in [0.1, 0.15) is 11.7 Å². The van der Waals surface area contributed by atoms with Crippen LogP contribution in [0.25, 0.3) is 0 Å². The number of carbonyl (C=O) groups excluding carboxylic acids is 1. The highest BCUT2D eigenvalue weighted by atomic mass is 19.1. The van der Waals surface area contributed by atoms with Gasteiger partial charge in [-0.3, -0.25) is 9.89 Å². The van der Waals surface area contributed by atoms with Gasteiger partial charge in [0.25, 0.3) is 5.91 Å². The SMILES string of the molecule is O=C(Nc1cc[nH]n1)C(F)c1ccccc1. The van der Waals surface area contributed by atoms with Crippen molar-refractivity contribution in [2.45, 2.75) is 6.17 Å². The molecule has 1 amide bonds. The summed E-state index contributed by atoms with van der Waals surface area (Å²) >= 11 is 0. The molecule has 0 spiro atoms. The van der Waals surface area contributed by atoms with Crippen molar-refractivity contribution in [1.29, 1.82) is 0 Å². The van der Waals surface area contributed by atoms with Crippen LogP contribution in [0.5, 0.6) is 0 Å². The van der Waals surface area contributed by atoms with E-state index < -0.39 is 12.1 Å². The molecule has 4 nitrogen and oxygen atoms in total. The number of rotatable bonds is 3. The van der Waals surface area contributed by atoms with Crippen LogP contribution in [-0.4, -0.2) is 16.1 Å². The number of anilines is 1. The zero-order valence-electron chi connectivity index (χ0n) is 8.35. The molecule has 0 saturated heterocycles. The summed E-state index contributed by atoms with van der Waals surface area (Å²) in [5.41, 5.74) is 0.329. The van der Waals surface area contributed by atoms with E-state index in [4.69, 9.17) is 0 Å². The molecule has 2 rings (SSSR count). The third-order valence-electron chi connectivity index (χ3n) is 2.07. The molecule has 0 saturated carbocycles. The lowest BCUT2D eigenvalue weighted by Crippen LogP contribution is -2.18. The number of amides is 1. The van der Waals surface area contributed by atoms with E-state index in [1.807, 2.05) is 0 Å². The molecule has 0 radical (unpaired) electrons. The summed E-state index contributed by atoms with van der Waals surface area (Å²) in [5, 5.41) is 8.60.